The van der Waals surface area contributed by atoms with Crippen LogP contribution in [-0.4, -0.2) is 11.9 Å². The summed E-state index contributed by atoms with van der Waals surface area (Å²) in [4.78, 5) is 12.3. The van der Waals surface area contributed by atoms with Gasteiger partial charge in [-0.05, 0) is 42.4 Å². The Labute approximate surface area is 127 Å². The highest BCUT2D eigenvalue weighted by Crippen LogP contribution is 2.26. The zero-order valence-corrected chi connectivity index (χ0v) is 12.9. The summed E-state index contributed by atoms with van der Waals surface area (Å²) < 4.78 is 0. The molecule has 3 nitrogen and oxygen atoms in total. The van der Waals surface area contributed by atoms with E-state index in [1.54, 1.807) is 0 Å². The van der Waals surface area contributed by atoms with Crippen molar-refractivity contribution >= 4 is 5.91 Å². The number of rotatable bonds is 4. The van der Waals surface area contributed by atoms with Crippen molar-refractivity contribution < 1.29 is 4.79 Å². The van der Waals surface area contributed by atoms with E-state index in [9.17, 15) is 10.1 Å². The minimum Gasteiger partial charge on any atom is -0.336 e. The molecule has 0 radical (unpaired) electrons. The van der Waals surface area contributed by atoms with Crippen molar-refractivity contribution in [1.29, 1.82) is 5.26 Å². The van der Waals surface area contributed by atoms with Crippen LogP contribution in [0.4, 0.5) is 0 Å². The fraction of sp³-hybridized carbons (Fsp3) is 0.556. The molecule has 0 spiro atoms. The van der Waals surface area contributed by atoms with Gasteiger partial charge in [0, 0.05) is 5.56 Å². The number of nitriles is 1. The van der Waals surface area contributed by atoms with Gasteiger partial charge in [-0.25, -0.2) is 0 Å². The second-order valence-corrected chi connectivity index (χ2v) is 6.26. The molecule has 1 aliphatic rings. The number of carbonyl (C=O) groups excluding carboxylic acids is 1. The molecule has 21 heavy (non-hydrogen) atoms. The molecule has 1 fully saturated rings. The maximum Gasteiger partial charge on any atom is 0.252 e. The predicted molar refractivity (Wildman–Crippen MR) is 84.0 cm³/mol. The minimum absolute atomic E-state index is 0.137. The number of hydrogen-bond acceptors (Lipinski definition) is 2. The molecule has 0 heterocycles. The second kappa shape index (κ2) is 7.26. The van der Waals surface area contributed by atoms with Crippen molar-refractivity contribution in [3.05, 3.63) is 35.4 Å². The second-order valence-electron chi connectivity index (χ2n) is 6.26. The zero-order chi connectivity index (χ0) is 15.2. The van der Waals surface area contributed by atoms with Crippen LogP contribution in [0.15, 0.2) is 24.3 Å². The summed E-state index contributed by atoms with van der Waals surface area (Å²) in [6.45, 7) is 4.26. The lowest BCUT2D eigenvalue weighted by Crippen LogP contribution is -2.40. The van der Waals surface area contributed by atoms with Crippen molar-refractivity contribution in [3.63, 3.8) is 0 Å². The molecule has 1 aromatic rings. The molecular formula is C18H24N2O. The van der Waals surface area contributed by atoms with E-state index in [0.717, 1.165) is 12.8 Å². The van der Waals surface area contributed by atoms with Gasteiger partial charge in [-0.3, -0.25) is 4.79 Å². The van der Waals surface area contributed by atoms with Crippen LogP contribution in [0, 0.1) is 17.2 Å². The van der Waals surface area contributed by atoms with Gasteiger partial charge in [-0.15, -0.1) is 0 Å². The van der Waals surface area contributed by atoms with Gasteiger partial charge in [0.05, 0.1) is 6.07 Å². The molecule has 1 saturated carbocycles. The molecule has 3 heteroatoms. The van der Waals surface area contributed by atoms with E-state index in [1.807, 2.05) is 24.3 Å². The fourth-order valence-corrected chi connectivity index (χ4v) is 2.97. The molecule has 112 valence electrons. The summed E-state index contributed by atoms with van der Waals surface area (Å²) >= 11 is 0. The average Bonchev–Trinajstić information content (AvgIpc) is 2.53. The van der Waals surface area contributed by atoms with Gasteiger partial charge >= 0.3 is 0 Å². The van der Waals surface area contributed by atoms with E-state index in [2.05, 4.69) is 25.2 Å². The molecule has 0 aromatic heterocycles. The fourth-order valence-electron chi connectivity index (χ4n) is 2.97. The van der Waals surface area contributed by atoms with Crippen LogP contribution in [0.25, 0.3) is 0 Å². The van der Waals surface area contributed by atoms with Crippen LogP contribution in [0.3, 0.4) is 0 Å². The minimum atomic E-state index is -0.359. The van der Waals surface area contributed by atoms with Gasteiger partial charge in [-0.1, -0.05) is 45.2 Å². The largest absolute Gasteiger partial charge is 0.336 e. The van der Waals surface area contributed by atoms with Crippen LogP contribution in [0.2, 0.25) is 0 Å². The number of nitrogens with one attached hydrogen (secondary N) is 1. The molecule has 1 atom stereocenters. The quantitative estimate of drug-likeness (QED) is 0.908. The predicted octanol–water partition coefficient (Wildman–Crippen LogP) is 4.01. The van der Waals surface area contributed by atoms with Gasteiger partial charge in [0.2, 0.25) is 0 Å². The zero-order valence-electron chi connectivity index (χ0n) is 12.9. The topological polar surface area (TPSA) is 52.9 Å². The molecule has 2 rings (SSSR count). The van der Waals surface area contributed by atoms with Gasteiger partial charge < -0.3 is 5.32 Å². The smallest absolute Gasteiger partial charge is 0.252 e. The molecule has 1 aliphatic carbocycles. The van der Waals surface area contributed by atoms with Crippen LogP contribution >= 0.6 is 0 Å². The first-order valence-corrected chi connectivity index (χ1v) is 7.92. The number of nitrogens with zero attached hydrogens (tertiary/aromatic N) is 1. The third-order valence-corrected chi connectivity index (χ3v) is 4.39. The molecule has 0 bridgehead atoms. The Bertz CT molecular complexity index is 507. The van der Waals surface area contributed by atoms with Crippen LogP contribution in [0.1, 0.15) is 67.8 Å². The Balaban J connectivity index is 2.00. The lowest BCUT2D eigenvalue weighted by atomic mass is 9.84. The van der Waals surface area contributed by atoms with E-state index >= 15 is 0 Å². The third-order valence-electron chi connectivity index (χ3n) is 4.39. The van der Waals surface area contributed by atoms with E-state index in [-0.39, 0.29) is 11.9 Å². The number of hydrogen-bond donors (Lipinski definition) is 1. The van der Waals surface area contributed by atoms with Crippen LogP contribution in [0.5, 0.6) is 0 Å². The van der Waals surface area contributed by atoms with Crippen molar-refractivity contribution in [3.8, 4) is 6.07 Å². The lowest BCUT2D eigenvalue weighted by Gasteiger charge is -2.26. The number of benzene rings is 1. The Hall–Kier alpha value is -1.82. The number of carbonyl (C=O) groups is 1. The lowest BCUT2D eigenvalue weighted by molar-refractivity contribution is 0.0929. The summed E-state index contributed by atoms with van der Waals surface area (Å²) in [6, 6.07) is 9.58. The maximum absolute atomic E-state index is 12.3. The summed E-state index contributed by atoms with van der Waals surface area (Å²) in [6.07, 6.45) is 5.68. The maximum atomic E-state index is 12.3. The van der Waals surface area contributed by atoms with Crippen molar-refractivity contribution in [2.24, 2.45) is 5.92 Å². The first-order valence-electron chi connectivity index (χ1n) is 7.92. The molecule has 1 N–H and O–H groups in total. The Morgan fingerprint density at radius 1 is 1.19 bits per heavy atom. The Morgan fingerprint density at radius 2 is 1.81 bits per heavy atom. The van der Waals surface area contributed by atoms with Gasteiger partial charge in [-0.2, -0.15) is 5.26 Å². The summed E-state index contributed by atoms with van der Waals surface area (Å²) in [5.41, 5.74) is 1.85. The highest BCUT2D eigenvalue weighted by molar-refractivity contribution is 5.94. The summed E-state index contributed by atoms with van der Waals surface area (Å²) in [5.74, 6) is 0.626. The highest BCUT2D eigenvalue weighted by Gasteiger charge is 2.25. The normalized spacial score (nSPS) is 17.2. The first-order chi connectivity index (χ1) is 10.1. The summed E-state index contributed by atoms with van der Waals surface area (Å²) in [5, 5.41) is 12.2. The SMILES string of the molecule is CC(C)c1ccc(C(=O)NC(C#N)C2CCCCC2)cc1. The van der Waals surface area contributed by atoms with Crippen LogP contribution < -0.4 is 5.32 Å². The van der Waals surface area contributed by atoms with Gasteiger partial charge in [0.15, 0.2) is 0 Å². The molecule has 0 saturated heterocycles. The van der Waals surface area contributed by atoms with E-state index in [1.165, 1.54) is 24.8 Å². The molecule has 1 aromatic carbocycles. The molecule has 0 aliphatic heterocycles. The first kappa shape index (κ1) is 15.6. The van der Waals surface area contributed by atoms with E-state index in [0.29, 0.717) is 17.4 Å². The van der Waals surface area contributed by atoms with Gasteiger partial charge in [0.25, 0.3) is 5.91 Å². The van der Waals surface area contributed by atoms with Crippen molar-refractivity contribution in [2.75, 3.05) is 0 Å². The van der Waals surface area contributed by atoms with E-state index < -0.39 is 0 Å². The monoisotopic (exact) mass is 284 g/mol. The van der Waals surface area contributed by atoms with Crippen molar-refractivity contribution in [2.45, 2.75) is 57.9 Å². The molecule has 1 amide bonds. The summed E-state index contributed by atoms with van der Waals surface area (Å²) in [7, 11) is 0. The third kappa shape index (κ3) is 4.07. The van der Waals surface area contributed by atoms with E-state index in [4.69, 9.17) is 0 Å². The standard InChI is InChI=1S/C18H24N2O/c1-13(2)14-8-10-16(11-9-14)18(21)20-17(12-19)15-6-4-3-5-7-15/h8-11,13,15,17H,3-7H2,1-2H3,(H,20,21). The molecule has 1 unspecified atom stereocenters. The van der Waals surface area contributed by atoms with Crippen molar-refractivity contribution in [1.82, 2.24) is 5.32 Å². The highest BCUT2D eigenvalue weighted by atomic mass is 16.1. The van der Waals surface area contributed by atoms with Crippen LogP contribution in [-0.2, 0) is 0 Å². The number of amides is 1. The Morgan fingerprint density at radius 3 is 2.33 bits per heavy atom. The molecular weight excluding hydrogens is 260 g/mol. The Kier molecular flexibility index (Phi) is 5.38. The average molecular weight is 284 g/mol. The van der Waals surface area contributed by atoms with Gasteiger partial charge in [0.1, 0.15) is 6.04 Å².